The normalized spacial score (nSPS) is 38.9. The fourth-order valence-corrected chi connectivity index (χ4v) is 5.35. The molecule has 130 valence electrons. The molecule has 0 aromatic rings. The minimum atomic E-state index is -0.183. The summed E-state index contributed by atoms with van der Waals surface area (Å²) >= 11 is 0. The van der Waals surface area contributed by atoms with Crippen LogP contribution in [-0.4, -0.2) is 65.3 Å². The standard InChI is InChI=1S/C18H31N3O2/c22-17-13-4-3-5-14(17)11-21(10-13)18(23)19-15-8-9-20(12-15)16-6-1-2-7-16/h13-17,22H,1-12H2,(H,19,23)/t13-,14+,15-,17?/m1/s1. The molecule has 2 amide bonds. The molecule has 0 aromatic carbocycles. The number of carbonyl (C=O) groups excluding carboxylic acids is 1. The first-order chi connectivity index (χ1) is 11.2. The molecular weight excluding hydrogens is 290 g/mol. The van der Waals surface area contributed by atoms with Gasteiger partial charge in [-0.05, 0) is 32.1 Å². The second kappa shape index (κ2) is 6.60. The van der Waals surface area contributed by atoms with Gasteiger partial charge < -0.3 is 15.3 Å². The number of piperidine rings is 1. The summed E-state index contributed by atoms with van der Waals surface area (Å²) in [6.07, 6.45) is 9.68. The molecule has 0 radical (unpaired) electrons. The number of hydrogen-bond donors (Lipinski definition) is 2. The molecule has 2 saturated carbocycles. The highest BCUT2D eigenvalue weighted by atomic mass is 16.3. The van der Waals surface area contributed by atoms with Crippen LogP contribution in [0.5, 0.6) is 0 Å². The minimum Gasteiger partial charge on any atom is -0.392 e. The molecule has 2 N–H and O–H groups in total. The van der Waals surface area contributed by atoms with Gasteiger partial charge in [-0.3, -0.25) is 4.90 Å². The Morgan fingerprint density at radius 3 is 2.30 bits per heavy atom. The highest BCUT2D eigenvalue weighted by Gasteiger charge is 2.40. The van der Waals surface area contributed by atoms with Crippen LogP contribution in [0.1, 0.15) is 51.4 Å². The van der Waals surface area contributed by atoms with E-state index >= 15 is 0 Å². The van der Waals surface area contributed by atoms with Gasteiger partial charge >= 0.3 is 6.03 Å². The maximum Gasteiger partial charge on any atom is 0.317 e. The molecule has 2 aliphatic carbocycles. The van der Waals surface area contributed by atoms with Crippen LogP contribution in [0.15, 0.2) is 0 Å². The van der Waals surface area contributed by atoms with E-state index in [-0.39, 0.29) is 12.1 Å². The zero-order valence-electron chi connectivity index (χ0n) is 14.1. The number of amides is 2. The van der Waals surface area contributed by atoms with Crippen LogP contribution in [0.3, 0.4) is 0 Å². The Kier molecular flexibility index (Phi) is 4.50. The van der Waals surface area contributed by atoms with Crippen molar-refractivity contribution in [1.29, 1.82) is 0 Å². The number of aliphatic hydroxyl groups is 1. The Morgan fingerprint density at radius 1 is 0.913 bits per heavy atom. The maximum atomic E-state index is 12.6. The van der Waals surface area contributed by atoms with E-state index in [1.807, 2.05) is 4.90 Å². The SMILES string of the molecule is O=C(N[C@@H]1CCN(C2CCCC2)C1)N1C[C@H]2CCC[C@@H](C1)C2O. The predicted molar refractivity (Wildman–Crippen MR) is 89.2 cm³/mol. The van der Waals surface area contributed by atoms with Crippen molar-refractivity contribution in [3.05, 3.63) is 0 Å². The lowest BCUT2D eigenvalue weighted by molar-refractivity contribution is -0.0369. The molecule has 4 rings (SSSR count). The van der Waals surface area contributed by atoms with Crippen molar-refractivity contribution in [1.82, 2.24) is 15.1 Å². The molecule has 0 aromatic heterocycles. The number of aliphatic hydroxyl groups excluding tert-OH is 1. The maximum absolute atomic E-state index is 12.6. The Hall–Kier alpha value is -0.810. The molecule has 23 heavy (non-hydrogen) atoms. The quantitative estimate of drug-likeness (QED) is 0.815. The van der Waals surface area contributed by atoms with Crippen molar-refractivity contribution in [2.75, 3.05) is 26.2 Å². The van der Waals surface area contributed by atoms with Gasteiger partial charge in [-0.15, -0.1) is 0 Å². The number of urea groups is 1. The lowest BCUT2D eigenvalue weighted by Gasteiger charge is -2.45. The van der Waals surface area contributed by atoms with Crippen molar-refractivity contribution in [2.45, 2.75) is 69.6 Å². The highest BCUT2D eigenvalue weighted by Crippen LogP contribution is 2.35. The van der Waals surface area contributed by atoms with Crippen LogP contribution >= 0.6 is 0 Å². The minimum absolute atomic E-state index is 0.104. The van der Waals surface area contributed by atoms with Gasteiger partial charge in [0.25, 0.3) is 0 Å². The van der Waals surface area contributed by atoms with E-state index in [1.54, 1.807) is 0 Å². The molecule has 4 atom stereocenters. The van der Waals surface area contributed by atoms with Crippen LogP contribution in [0, 0.1) is 11.8 Å². The van der Waals surface area contributed by atoms with E-state index in [1.165, 1.54) is 32.1 Å². The van der Waals surface area contributed by atoms with Gasteiger partial charge in [0.05, 0.1) is 6.10 Å². The van der Waals surface area contributed by atoms with Crippen molar-refractivity contribution in [2.24, 2.45) is 11.8 Å². The average molecular weight is 321 g/mol. The van der Waals surface area contributed by atoms with Crippen molar-refractivity contribution >= 4 is 6.03 Å². The van der Waals surface area contributed by atoms with Crippen molar-refractivity contribution in [3.63, 3.8) is 0 Å². The van der Waals surface area contributed by atoms with Gasteiger partial charge in [0.1, 0.15) is 0 Å². The largest absolute Gasteiger partial charge is 0.392 e. The zero-order valence-corrected chi connectivity index (χ0v) is 14.1. The summed E-state index contributed by atoms with van der Waals surface area (Å²) in [7, 11) is 0. The summed E-state index contributed by atoms with van der Waals surface area (Å²) in [5.74, 6) is 0.596. The molecule has 4 fully saturated rings. The fourth-order valence-electron chi connectivity index (χ4n) is 5.35. The molecule has 2 saturated heterocycles. The number of nitrogens with one attached hydrogen (secondary N) is 1. The van der Waals surface area contributed by atoms with Gasteiger partial charge in [-0.25, -0.2) is 4.79 Å². The number of hydrogen-bond acceptors (Lipinski definition) is 3. The lowest BCUT2D eigenvalue weighted by atomic mass is 9.75. The molecule has 0 spiro atoms. The first-order valence-electron chi connectivity index (χ1n) is 9.68. The first-order valence-corrected chi connectivity index (χ1v) is 9.68. The summed E-state index contributed by atoms with van der Waals surface area (Å²) in [6, 6.07) is 1.18. The van der Waals surface area contributed by atoms with E-state index in [9.17, 15) is 9.90 Å². The van der Waals surface area contributed by atoms with E-state index < -0.39 is 0 Å². The van der Waals surface area contributed by atoms with Crippen LogP contribution < -0.4 is 5.32 Å². The predicted octanol–water partition coefficient (Wildman–Crippen LogP) is 1.81. The third-order valence-corrected chi connectivity index (χ3v) is 6.70. The number of carbonyl (C=O) groups is 1. The second-order valence-electron chi connectivity index (χ2n) is 8.21. The van der Waals surface area contributed by atoms with Gasteiger partial charge in [-0.1, -0.05) is 19.3 Å². The van der Waals surface area contributed by atoms with Gasteiger partial charge in [0.2, 0.25) is 0 Å². The number of likely N-dealkylation sites (tertiary alicyclic amines) is 2. The molecule has 5 heteroatoms. The molecule has 4 aliphatic rings. The zero-order chi connectivity index (χ0) is 15.8. The van der Waals surface area contributed by atoms with Gasteiger partial charge in [0.15, 0.2) is 0 Å². The van der Waals surface area contributed by atoms with Gasteiger partial charge in [-0.2, -0.15) is 0 Å². The van der Waals surface area contributed by atoms with E-state index in [0.29, 0.717) is 17.9 Å². The topological polar surface area (TPSA) is 55.8 Å². The molecular formula is C18H31N3O2. The smallest absolute Gasteiger partial charge is 0.317 e. The van der Waals surface area contributed by atoms with Crippen LogP contribution in [0.2, 0.25) is 0 Å². The Morgan fingerprint density at radius 2 is 1.61 bits per heavy atom. The fraction of sp³-hybridized carbons (Fsp3) is 0.944. The van der Waals surface area contributed by atoms with E-state index in [2.05, 4.69) is 10.2 Å². The number of rotatable bonds is 2. The molecule has 1 unspecified atom stereocenters. The third-order valence-electron chi connectivity index (χ3n) is 6.70. The monoisotopic (exact) mass is 321 g/mol. The number of fused-ring (bicyclic) bond motifs is 2. The Balaban J connectivity index is 1.29. The highest BCUT2D eigenvalue weighted by molar-refractivity contribution is 5.74. The van der Waals surface area contributed by atoms with Crippen LogP contribution in [0.4, 0.5) is 4.79 Å². The summed E-state index contributed by atoms with van der Waals surface area (Å²) < 4.78 is 0. The van der Waals surface area contributed by atoms with Crippen molar-refractivity contribution < 1.29 is 9.90 Å². The summed E-state index contributed by atoms with van der Waals surface area (Å²) in [5.41, 5.74) is 0. The number of nitrogens with zero attached hydrogens (tertiary/aromatic N) is 2. The second-order valence-corrected chi connectivity index (χ2v) is 8.21. The summed E-state index contributed by atoms with van der Waals surface area (Å²) in [6.45, 7) is 3.64. The first kappa shape index (κ1) is 15.7. The summed E-state index contributed by atoms with van der Waals surface area (Å²) in [4.78, 5) is 17.2. The summed E-state index contributed by atoms with van der Waals surface area (Å²) in [5, 5.41) is 13.5. The molecule has 2 bridgehead atoms. The van der Waals surface area contributed by atoms with Crippen molar-refractivity contribution in [3.8, 4) is 0 Å². The Bertz CT molecular complexity index is 424. The van der Waals surface area contributed by atoms with Crippen LogP contribution in [0.25, 0.3) is 0 Å². The molecule has 2 aliphatic heterocycles. The Labute approximate surface area is 139 Å². The van der Waals surface area contributed by atoms with Crippen LogP contribution in [-0.2, 0) is 0 Å². The lowest BCUT2D eigenvalue weighted by Crippen LogP contribution is -2.56. The van der Waals surface area contributed by atoms with E-state index in [0.717, 1.165) is 51.5 Å². The molecule has 5 nitrogen and oxygen atoms in total. The van der Waals surface area contributed by atoms with Gasteiger partial charge in [0, 0.05) is 50.1 Å². The third kappa shape index (κ3) is 3.22. The van der Waals surface area contributed by atoms with E-state index in [4.69, 9.17) is 0 Å². The average Bonchev–Trinajstić information content (AvgIpc) is 3.17. The molecule has 2 heterocycles.